The van der Waals surface area contributed by atoms with Crippen LogP contribution in [-0.2, 0) is 4.74 Å². The van der Waals surface area contributed by atoms with E-state index in [2.05, 4.69) is 5.32 Å². The number of rotatable bonds is 2. The molecular weight excluding hydrogens is 246 g/mol. The summed E-state index contributed by atoms with van der Waals surface area (Å²) < 4.78 is 4.75. The summed E-state index contributed by atoms with van der Waals surface area (Å²) in [5, 5.41) is 11.4. The zero-order valence-corrected chi connectivity index (χ0v) is 9.70. The van der Waals surface area contributed by atoms with Crippen LogP contribution >= 0.6 is 12.4 Å². The number of carbonyl (C=O) groups is 2. The third-order valence-corrected chi connectivity index (χ3v) is 2.49. The molecule has 1 atom stereocenters. The molecule has 0 unspecified atom stereocenters. The minimum atomic E-state index is -0.956. The first kappa shape index (κ1) is 13.3. The molecule has 0 radical (unpaired) electrons. The Morgan fingerprint density at radius 3 is 2.53 bits per heavy atom. The summed E-state index contributed by atoms with van der Waals surface area (Å²) in [5.74, 6) is -0.956. The number of carboxylic acid groups (broad SMARTS) is 1. The Morgan fingerprint density at radius 1 is 1.35 bits per heavy atom. The molecule has 5 nitrogen and oxygen atoms in total. The first-order chi connectivity index (χ1) is 7.66. The van der Waals surface area contributed by atoms with Crippen molar-refractivity contribution in [1.82, 2.24) is 5.32 Å². The van der Waals surface area contributed by atoms with E-state index in [9.17, 15) is 9.59 Å². The van der Waals surface area contributed by atoms with Crippen molar-refractivity contribution in [2.75, 3.05) is 6.61 Å². The lowest BCUT2D eigenvalue weighted by Crippen LogP contribution is -2.35. The summed E-state index contributed by atoms with van der Waals surface area (Å²) in [6, 6.07) is 6.38. The summed E-state index contributed by atoms with van der Waals surface area (Å²) in [5.41, 5.74) is 1.13. The standard InChI is InChI=1S/C11H11NO4.ClH/c13-10(14)8-3-1-7(2-4-8)9-5-6-16-11(15)12-9;/h1-4,9H,5-6H2,(H,12,15)(H,13,14);1H/t9-;/m1./s1. The molecule has 1 fully saturated rings. The largest absolute Gasteiger partial charge is 0.478 e. The van der Waals surface area contributed by atoms with Gasteiger partial charge in [0.15, 0.2) is 0 Å². The van der Waals surface area contributed by atoms with E-state index in [1.165, 1.54) is 12.1 Å². The summed E-state index contributed by atoms with van der Waals surface area (Å²) in [6.45, 7) is 0.386. The molecule has 1 aromatic carbocycles. The molecule has 1 aromatic rings. The average molecular weight is 258 g/mol. The summed E-state index contributed by atoms with van der Waals surface area (Å²) in [4.78, 5) is 21.6. The number of alkyl carbamates (subject to hydrolysis) is 1. The highest BCUT2D eigenvalue weighted by atomic mass is 35.5. The van der Waals surface area contributed by atoms with Crippen LogP contribution in [0.3, 0.4) is 0 Å². The Kier molecular flexibility index (Phi) is 4.34. The molecular formula is C11H12ClNO4. The van der Waals surface area contributed by atoms with Crippen molar-refractivity contribution in [1.29, 1.82) is 0 Å². The van der Waals surface area contributed by atoms with Crippen LogP contribution in [0.4, 0.5) is 4.79 Å². The van der Waals surface area contributed by atoms with E-state index in [4.69, 9.17) is 9.84 Å². The number of aromatic carboxylic acids is 1. The Bertz CT molecular complexity index is 418. The van der Waals surface area contributed by atoms with Crippen molar-refractivity contribution in [2.45, 2.75) is 12.5 Å². The van der Waals surface area contributed by atoms with E-state index >= 15 is 0 Å². The molecule has 2 N–H and O–H groups in total. The van der Waals surface area contributed by atoms with Crippen molar-refractivity contribution in [3.63, 3.8) is 0 Å². The second-order valence-corrected chi connectivity index (χ2v) is 3.55. The normalized spacial score (nSPS) is 18.6. The summed E-state index contributed by atoms with van der Waals surface area (Å²) in [6.07, 6.45) is 0.261. The van der Waals surface area contributed by atoms with Gasteiger partial charge in [0.2, 0.25) is 0 Å². The fourth-order valence-electron chi connectivity index (χ4n) is 1.63. The van der Waals surface area contributed by atoms with Crippen molar-refractivity contribution in [3.05, 3.63) is 35.4 Å². The van der Waals surface area contributed by atoms with Gasteiger partial charge in [-0.25, -0.2) is 9.59 Å². The molecule has 0 spiro atoms. The first-order valence-corrected chi connectivity index (χ1v) is 4.93. The molecule has 0 aromatic heterocycles. The van der Waals surface area contributed by atoms with E-state index < -0.39 is 12.1 Å². The van der Waals surface area contributed by atoms with Crippen molar-refractivity contribution in [3.8, 4) is 0 Å². The zero-order chi connectivity index (χ0) is 11.5. The molecule has 17 heavy (non-hydrogen) atoms. The van der Waals surface area contributed by atoms with Crippen LogP contribution in [0.25, 0.3) is 0 Å². The molecule has 0 saturated carbocycles. The molecule has 6 heteroatoms. The third-order valence-electron chi connectivity index (χ3n) is 2.49. The van der Waals surface area contributed by atoms with Gasteiger partial charge in [0.05, 0.1) is 18.2 Å². The van der Waals surface area contributed by atoms with Gasteiger partial charge in [0, 0.05) is 6.42 Å². The fraction of sp³-hybridized carbons (Fsp3) is 0.273. The molecule has 92 valence electrons. The monoisotopic (exact) mass is 257 g/mol. The Hall–Kier alpha value is -1.75. The molecule has 0 aliphatic carbocycles. The van der Waals surface area contributed by atoms with Crippen LogP contribution < -0.4 is 5.32 Å². The van der Waals surface area contributed by atoms with E-state index in [1.54, 1.807) is 12.1 Å². The second kappa shape index (κ2) is 5.54. The zero-order valence-electron chi connectivity index (χ0n) is 8.88. The van der Waals surface area contributed by atoms with E-state index in [0.29, 0.717) is 13.0 Å². The molecule has 1 aliphatic heterocycles. The van der Waals surface area contributed by atoms with Gasteiger partial charge in [-0.1, -0.05) is 12.1 Å². The minimum Gasteiger partial charge on any atom is -0.478 e. The predicted octanol–water partition coefficient (Wildman–Crippen LogP) is 1.98. The number of carbonyl (C=O) groups excluding carboxylic acids is 1. The van der Waals surface area contributed by atoms with Gasteiger partial charge in [-0.3, -0.25) is 0 Å². The molecule has 0 bridgehead atoms. The fourth-order valence-corrected chi connectivity index (χ4v) is 1.63. The van der Waals surface area contributed by atoms with Crippen molar-refractivity contribution >= 4 is 24.5 Å². The summed E-state index contributed by atoms with van der Waals surface area (Å²) in [7, 11) is 0. The number of hydrogen-bond donors (Lipinski definition) is 2. The number of ether oxygens (including phenoxy) is 1. The number of nitrogens with one attached hydrogen (secondary N) is 1. The lowest BCUT2D eigenvalue weighted by Gasteiger charge is -2.23. The number of amides is 1. The number of carboxylic acids is 1. The van der Waals surface area contributed by atoms with E-state index in [-0.39, 0.29) is 24.0 Å². The molecule has 1 saturated heterocycles. The van der Waals surface area contributed by atoms with Gasteiger partial charge in [-0.2, -0.15) is 0 Å². The summed E-state index contributed by atoms with van der Waals surface area (Å²) >= 11 is 0. The van der Waals surface area contributed by atoms with Gasteiger partial charge >= 0.3 is 12.1 Å². The maximum atomic E-state index is 11.0. The highest BCUT2D eigenvalue weighted by Crippen LogP contribution is 2.20. The number of cyclic esters (lactones) is 1. The van der Waals surface area contributed by atoms with Gasteiger partial charge in [-0.05, 0) is 17.7 Å². The molecule has 2 rings (SSSR count). The lowest BCUT2D eigenvalue weighted by molar-refractivity contribution is 0.0696. The number of hydrogen-bond acceptors (Lipinski definition) is 3. The van der Waals surface area contributed by atoms with Crippen LogP contribution in [0, 0.1) is 0 Å². The highest BCUT2D eigenvalue weighted by Gasteiger charge is 2.20. The Balaban J connectivity index is 0.00000144. The van der Waals surface area contributed by atoms with Crippen molar-refractivity contribution < 1.29 is 19.4 Å². The van der Waals surface area contributed by atoms with Gasteiger partial charge in [0.25, 0.3) is 0 Å². The van der Waals surface area contributed by atoms with E-state index in [1.807, 2.05) is 0 Å². The average Bonchev–Trinajstić information content (AvgIpc) is 2.29. The quantitative estimate of drug-likeness (QED) is 0.849. The third kappa shape index (κ3) is 3.10. The lowest BCUT2D eigenvalue weighted by atomic mass is 10.0. The molecule has 1 amide bonds. The highest BCUT2D eigenvalue weighted by molar-refractivity contribution is 5.87. The van der Waals surface area contributed by atoms with Crippen molar-refractivity contribution in [2.24, 2.45) is 0 Å². The van der Waals surface area contributed by atoms with Gasteiger partial charge in [-0.15, -0.1) is 12.4 Å². The maximum Gasteiger partial charge on any atom is 0.407 e. The number of benzene rings is 1. The number of halogens is 1. The van der Waals surface area contributed by atoms with Crippen LogP contribution in [0.5, 0.6) is 0 Å². The topological polar surface area (TPSA) is 75.6 Å². The molecule has 1 heterocycles. The van der Waals surface area contributed by atoms with Crippen LogP contribution in [0.1, 0.15) is 28.4 Å². The smallest absolute Gasteiger partial charge is 0.407 e. The Morgan fingerprint density at radius 2 is 2.00 bits per heavy atom. The minimum absolute atomic E-state index is 0. The van der Waals surface area contributed by atoms with Crippen LogP contribution in [-0.4, -0.2) is 23.8 Å². The maximum absolute atomic E-state index is 11.0. The van der Waals surface area contributed by atoms with Gasteiger partial charge < -0.3 is 15.2 Å². The molecule has 1 aliphatic rings. The first-order valence-electron chi connectivity index (χ1n) is 4.93. The van der Waals surface area contributed by atoms with Gasteiger partial charge in [0.1, 0.15) is 0 Å². The second-order valence-electron chi connectivity index (χ2n) is 3.55. The van der Waals surface area contributed by atoms with E-state index in [0.717, 1.165) is 5.56 Å². The predicted molar refractivity (Wildman–Crippen MR) is 62.5 cm³/mol. The van der Waals surface area contributed by atoms with Crippen LogP contribution in [0.2, 0.25) is 0 Å². The Labute approximate surface area is 104 Å². The van der Waals surface area contributed by atoms with Crippen LogP contribution in [0.15, 0.2) is 24.3 Å². The SMILES string of the molecule is Cl.O=C1N[C@@H](c2ccc(C(=O)O)cc2)CCO1.